The summed E-state index contributed by atoms with van der Waals surface area (Å²) in [7, 11) is 0. The zero-order valence-corrected chi connectivity index (χ0v) is 10.7. The predicted molar refractivity (Wildman–Crippen MR) is 76.8 cm³/mol. The number of nitrogens with zero attached hydrogens (tertiary/aromatic N) is 2. The van der Waals surface area contributed by atoms with Crippen LogP contribution in [0.3, 0.4) is 0 Å². The predicted octanol–water partition coefficient (Wildman–Crippen LogP) is 1.91. The molecule has 2 aliphatic heterocycles. The Hall–Kier alpha value is -2.62. The molecular formula is C16H13N3O. The lowest BCUT2D eigenvalue weighted by Crippen LogP contribution is -2.42. The van der Waals surface area contributed by atoms with Gasteiger partial charge in [0.2, 0.25) is 0 Å². The van der Waals surface area contributed by atoms with Crippen molar-refractivity contribution in [3.63, 3.8) is 0 Å². The number of hydrogen-bond donors (Lipinski definition) is 1. The smallest absolute Gasteiger partial charge is 0.256 e. The van der Waals surface area contributed by atoms with Crippen molar-refractivity contribution in [2.75, 3.05) is 0 Å². The number of hydrogen-bond acceptors (Lipinski definition) is 3. The lowest BCUT2D eigenvalue weighted by molar-refractivity contribution is -0.128. The minimum Gasteiger partial charge on any atom is -0.355 e. The molecule has 1 fully saturated rings. The van der Waals surface area contributed by atoms with Crippen LogP contribution in [0.2, 0.25) is 0 Å². The van der Waals surface area contributed by atoms with Crippen LogP contribution in [-0.2, 0) is 4.79 Å². The van der Waals surface area contributed by atoms with E-state index in [4.69, 9.17) is 0 Å². The van der Waals surface area contributed by atoms with Crippen molar-refractivity contribution in [1.82, 2.24) is 10.2 Å². The lowest BCUT2D eigenvalue weighted by atomic mass is 10.0. The molecule has 1 aromatic carbocycles. The molecule has 1 N–H and O–H groups in total. The van der Waals surface area contributed by atoms with Crippen molar-refractivity contribution < 1.29 is 4.79 Å². The molecule has 0 radical (unpaired) electrons. The molecule has 1 amide bonds. The Labute approximate surface area is 116 Å². The third-order valence-corrected chi connectivity index (χ3v) is 3.76. The fourth-order valence-electron chi connectivity index (χ4n) is 2.79. The van der Waals surface area contributed by atoms with Crippen LogP contribution >= 0.6 is 0 Å². The maximum atomic E-state index is 12.7. The monoisotopic (exact) mass is 263 g/mol. The summed E-state index contributed by atoms with van der Waals surface area (Å²) in [5.41, 5.74) is 1.88. The van der Waals surface area contributed by atoms with Crippen LogP contribution in [0.15, 0.2) is 71.6 Å². The molecule has 1 aromatic rings. The quantitative estimate of drug-likeness (QED) is 0.841. The molecule has 0 saturated carbocycles. The van der Waals surface area contributed by atoms with Crippen molar-refractivity contribution in [1.29, 1.82) is 0 Å². The highest BCUT2D eigenvalue weighted by Gasteiger charge is 2.42. The second-order valence-electron chi connectivity index (χ2n) is 4.95. The molecule has 2 heterocycles. The number of fused-ring (bicyclic) bond motifs is 3. The second kappa shape index (κ2) is 4.20. The van der Waals surface area contributed by atoms with E-state index in [1.807, 2.05) is 54.6 Å². The lowest BCUT2D eigenvalue weighted by Gasteiger charge is -2.29. The fraction of sp³-hybridized carbons (Fsp3) is 0.125. The summed E-state index contributed by atoms with van der Waals surface area (Å²) in [6, 6.07) is 9.36. The topological polar surface area (TPSA) is 44.7 Å². The Morgan fingerprint density at radius 3 is 2.85 bits per heavy atom. The van der Waals surface area contributed by atoms with E-state index in [1.165, 1.54) is 0 Å². The van der Waals surface area contributed by atoms with Gasteiger partial charge in [-0.2, -0.15) is 0 Å². The van der Waals surface area contributed by atoms with E-state index >= 15 is 0 Å². The largest absolute Gasteiger partial charge is 0.355 e. The summed E-state index contributed by atoms with van der Waals surface area (Å²) in [6.45, 7) is 0. The van der Waals surface area contributed by atoms with Crippen LogP contribution < -0.4 is 5.32 Å². The van der Waals surface area contributed by atoms with Gasteiger partial charge in [0.1, 0.15) is 11.9 Å². The van der Waals surface area contributed by atoms with E-state index in [-0.39, 0.29) is 18.0 Å². The first-order chi connectivity index (χ1) is 9.84. The van der Waals surface area contributed by atoms with Crippen molar-refractivity contribution in [3.8, 4) is 0 Å². The highest BCUT2D eigenvalue weighted by molar-refractivity contribution is 6.06. The number of benzene rings is 1. The van der Waals surface area contributed by atoms with Gasteiger partial charge >= 0.3 is 0 Å². The first-order valence-electron chi connectivity index (χ1n) is 6.62. The summed E-state index contributed by atoms with van der Waals surface area (Å²) in [5, 5.41) is 3.26. The third-order valence-electron chi connectivity index (χ3n) is 3.76. The maximum Gasteiger partial charge on any atom is 0.256 e. The molecule has 0 spiro atoms. The third kappa shape index (κ3) is 1.54. The van der Waals surface area contributed by atoms with Crippen molar-refractivity contribution >= 4 is 11.6 Å². The van der Waals surface area contributed by atoms with E-state index in [0.717, 1.165) is 17.1 Å². The zero-order chi connectivity index (χ0) is 13.5. The van der Waals surface area contributed by atoms with Gasteiger partial charge in [-0.25, -0.2) is 0 Å². The molecule has 4 rings (SSSR count). The number of aliphatic imine (C=N–C) groups is 1. The van der Waals surface area contributed by atoms with Gasteiger partial charge in [-0.3, -0.25) is 14.7 Å². The maximum absolute atomic E-state index is 12.7. The van der Waals surface area contributed by atoms with Crippen molar-refractivity contribution in [2.45, 2.75) is 12.1 Å². The number of carbonyl (C=O) groups is 1. The van der Waals surface area contributed by atoms with Crippen molar-refractivity contribution in [3.05, 3.63) is 72.2 Å². The van der Waals surface area contributed by atoms with Crippen LogP contribution in [-0.4, -0.2) is 22.6 Å². The molecule has 2 unspecified atom stereocenters. The number of allylic oxidation sites excluding steroid dienone is 2. The van der Waals surface area contributed by atoms with Gasteiger partial charge in [-0.1, -0.05) is 48.6 Å². The molecule has 2 atom stereocenters. The SMILES string of the molecule is O=C1C(c2ccccc2)NC2=CN=C3C=CC=CC3N12. The summed E-state index contributed by atoms with van der Waals surface area (Å²) in [4.78, 5) is 18.9. The van der Waals surface area contributed by atoms with Gasteiger partial charge in [-0.15, -0.1) is 0 Å². The van der Waals surface area contributed by atoms with Crippen LogP contribution in [0.25, 0.3) is 0 Å². The normalized spacial score (nSPS) is 26.6. The molecule has 20 heavy (non-hydrogen) atoms. The first kappa shape index (κ1) is 11.2. The van der Waals surface area contributed by atoms with E-state index in [9.17, 15) is 4.79 Å². The zero-order valence-electron chi connectivity index (χ0n) is 10.7. The van der Waals surface area contributed by atoms with Crippen LogP contribution in [0, 0.1) is 0 Å². The number of amides is 1. The van der Waals surface area contributed by atoms with E-state index in [1.54, 1.807) is 11.1 Å². The molecular weight excluding hydrogens is 250 g/mol. The van der Waals surface area contributed by atoms with Gasteiger partial charge < -0.3 is 5.32 Å². The molecule has 1 aliphatic carbocycles. The van der Waals surface area contributed by atoms with Gasteiger partial charge in [0, 0.05) is 0 Å². The van der Waals surface area contributed by atoms with Gasteiger partial charge in [0.25, 0.3) is 5.91 Å². The highest BCUT2D eigenvalue weighted by atomic mass is 16.2. The number of nitrogens with one attached hydrogen (secondary N) is 1. The average molecular weight is 263 g/mol. The van der Waals surface area contributed by atoms with Crippen LogP contribution in [0.1, 0.15) is 11.6 Å². The van der Waals surface area contributed by atoms with E-state index < -0.39 is 0 Å². The molecule has 3 aliphatic rings. The Bertz CT molecular complexity index is 685. The number of carbonyl (C=O) groups excluding carboxylic acids is 1. The highest BCUT2D eigenvalue weighted by Crippen LogP contribution is 2.31. The molecule has 4 heteroatoms. The van der Waals surface area contributed by atoms with Crippen LogP contribution in [0.4, 0.5) is 0 Å². The summed E-state index contributed by atoms with van der Waals surface area (Å²) < 4.78 is 0. The summed E-state index contributed by atoms with van der Waals surface area (Å²) in [5.74, 6) is 0.845. The van der Waals surface area contributed by atoms with Crippen LogP contribution in [0.5, 0.6) is 0 Å². The Balaban J connectivity index is 1.72. The van der Waals surface area contributed by atoms with Crippen molar-refractivity contribution in [2.24, 2.45) is 4.99 Å². The van der Waals surface area contributed by atoms with E-state index in [0.29, 0.717) is 0 Å². The van der Waals surface area contributed by atoms with E-state index in [2.05, 4.69) is 10.3 Å². The first-order valence-corrected chi connectivity index (χ1v) is 6.62. The van der Waals surface area contributed by atoms with Gasteiger partial charge in [0.15, 0.2) is 0 Å². The molecule has 1 saturated heterocycles. The minimum absolute atomic E-state index is 0.0693. The standard InChI is InChI=1S/C16H13N3O/c20-16-15(11-6-2-1-3-7-11)18-14-10-17-12-8-4-5-9-13(12)19(14)16/h1-10,13,15,18H. The molecule has 98 valence electrons. The summed E-state index contributed by atoms with van der Waals surface area (Å²) in [6.07, 6.45) is 9.57. The summed E-state index contributed by atoms with van der Waals surface area (Å²) >= 11 is 0. The Morgan fingerprint density at radius 1 is 1.15 bits per heavy atom. The minimum atomic E-state index is -0.323. The molecule has 4 nitrogen and oxygen atoms in total. The van der Waals surface area contributed by atoms with Gasteiger partial charge in [0.05, 0.1) is 18.0 Å². The van der Waals surface area contributed by atoms with Gasteiger partial charge in [-0.05, 0) is 11.6 Å². The average Bonchev–Trinajstić information content (AvgIpc) is 2.86. The Morgan fingerprint density at radius 2 is 2.00 bits per heavy atom. The second-order valence-corrected chi connectivity index (χ2v) is 4.95. The Kier molecular flexibility index (Phi) is 2.36. The number of rotatable bonds is 1. The molecule has 0 aromatic heterocycles. The molecule has 0 bridgehead atoms. The fourth-order valence-corrected chi connectivity index (χ4v) is 2.79.